The number of nitrogens with zero attached hydrogens (tertiary/aromatic N) is 2. The van der Waals surface area contributed by atoms with Crippen molar-refractivity contribution in [3.05, 3.63) is 48.0 Å². The summed E-state index contributed by atoms with van der Waals surface area (Å²) < 4.78 is 0. The fourth-order valence-electron chi connectivity index (χ4n) is 4.17. The van der Waals surface area contributed by atoms with Gasteiger partial charge < -0.3 is 15.7 Å². The van der Waals surface area contributed by atoms with Crippen LogP contribution in [0.15, 0.2) is 42.5 Å². The first-order valence-electron chi connectivity index (χ1n) is 10.5. The zero-order chi connectivity index (χ0) is 19.9. The van der Waals surface area contributed by atoms with Crippen molar-refractivity contribution in [2.45, 2.75) is 44.7 Å². The van der Waals surface area contributed by atoms with Crippen molar-refractivity contribution in [3.63, 3.8) is 0 Å². The molecule has 0 aliphatic carbocycles. The Bertz CT molecular complexity index is 774. The summed E-state index contributed by atoms with van der Waals surface area (Å²) in [6, 6.07) is 14.3. The molecular weight excluding hydrogens is 350 g/mol. The van der Waals surface area contributed by atoms with Crippen LogP contribution in [0, 0.1) is 0 Å². The van der Waals surface area contributed by atoms with Gasteiger partial charge in [0.05, 0.1) is 0 Å². The van der Waals surface area contributed by atoms with Gasteiger partial charge >= 0.3 is 0 Å². The number of hydrogen-bond donors (Lipinski definition) is 2. The monoisotopic (exact) mass is 383 g/mol. The van der Waals surface area contributed by atoms with Crippen molar-refractivity contribution < 1.29 is 9.90 Å². The minimum atomic E-state index is -0.0190. The molecule has 2 aromatic carbocycles. The van der Waals surface area contributed by atoms with Crippen molar-refractivity contribution in [3.8, 4) is 0 Å². The lowest BCUT2D eigenvalue weighted by molar-refractivity contribution is 0.0436. The van der Waals surface area contributed by atoms with Gasteiger partial charge in [-0.1, -0.05) is 56.2 Å². The molecule has 3 rings (SSSR count). The van der Waals surface area contributed by atoms with E-state index in [-0.39, 0.29) is 18.6 Å². The van der Waals surface area contributed by atoms with E-state index in [0.717, 1.165) is 61.8 Å². The Balaban J connectivity index is 1.75. The molecule has 1 fully saturated rings. The molecule has 0 radical (unpaired) electrons. The number of piperazine rings is 1. The quantitative estimate of drug-likeness (QED) is 0.735. The van der Waals surface area contributed by atoms with E-state index in [2.05, 4.69) is 24.0 Å². The molecule has 1 amide bonds. The third-order valence-electron chi connectivity index (χ3n) is 5.77. The van der Waals surface area contributed by atoms with Gasteiger partial charge in [0.15, 0.2) is 0 Å². The number of hydrogen-bond acceptors (Lipinski definition) is 4. The maximum absolute atomic E-state index is 13.3. The molecule has 0 aromatic heterocycles. The Morgan fingerprint density at radius 3 is 2.79 bits per heavy atom. The minimum absolute atomic E-state index is 0.0190. The molecule has 0 spiro atoms. The summed E-state index contributed by atoms with van der Waals surface area (Å²) in [6.45, 7) is 5.41. The molecule has 2 aromatic rings. The van der Waals surface area contributed by atoms with Crippen LogP contribution in [0.1, 0.15) is 43.0 Å². The summed E-state index contributed by atoms with van der Waals surface area (Å²) in [5.74, 6) is 0.123. The van der Waals surface area contributed by atoms with Gasteiger partial charge in [0, 0.05) is 50.4 Å². The normalized spacial score (nSPS) is 19.1. The molecule has 0 unspecified atom stereocenters. The predicted octanol–water partition coefficient (Wildman–Crippen LogP) is 2.87. The van der Waals surface area contributed by atoms with E-state index < -0.39 is 0 Å². The molecular formula is C23H33N3O2. The minimum Gasteiger partial charge on any atom is -0.396 e. The van der Waals surface area contributed by atoms with Crippen molar-refractivity contribution in [2.75, 3.05) is 32.8 Å². The van der Waals surface area contributed by atoms with Crippen LogP contribution in [0.25, 0.3) is 10.8 Å². The molecule has 1 saturated heterocycles. The van der Waals surface area contributed by atoms with Gasteiger partial charge in [-0.3, -0.25) is 9.69 Å². The molecule has 152 valence electrons. The number of benzene rings is 2. The van der Waals surface area contributed by atoms with Gasteiger partial charge in [-0.15, -0.1) is 0 Å². The molecule has 0 saturated carbocycles. The molecule has 0 bridgehead atoms. The first kappa shape index (κ1) is 20.8. The Kier molecular flexibility index (Phi) is 7.43. The second-order valence-electron chi connectivity index (χ2n) is 7.84. The first-order valence-corrected chi connectivity index (χ1v) is 10.5. The van der Waals surface area contributed by atoms with Crippen molar-refractivity contribution in [2.24, 2.45) is 5.73 Å². The summed E-state index contributed by atoms with van der Waals surface area (Å²) in [6.07, 6.45) is 3.98. The molecule has 5 heteroatoms. The molecule has 5 nitrogen and oxygen atoms in total. The van der Waals surface area contributed by atoms with Gasteiger partial charge in [-0.05, 0) is 29.7 Å². The van der Waals surface area contributed by atoms with E-state index in [1.54, 1.807) is 0 Å². The zero-order valence-corrected chi connectivity index (χ0v) is 16.9. The smallest absolute Gasteiger partial charge is 0.254 e. The largest absolute Gasteiger partial charge is 0.396 e. The van der Waals surface area contributed by atoms with Crippen LogP contribution in [0.5, 0.6) is 0 Å². The molecule has 1 heterocycles. The van der Waals surface area contributed by atoms with E-state index in [1.807, 2.05) is 35.2 Å². The number of nitrogens with two attached hydrogens (primary N) is 1. The maximum atomic E-state index is 13.3. The van der Waals surface area contributed by atoms with Crippen LogP contribution in [0.3, 0.4) is 0 Å². The number of carbonyl (C=O) groups is 1. The van der Waals surface area contributed by atoms with Gasteiger partial charge in [-0.25, -0.2) is 0 Å². The second kappa shape index (κ2) is 10.0. The van der Waals surface area contributed by atoms with E-state index in [9.17, 15) is 4.79 Å². The van der Waals surface area contributed by atoms with Crippen LogP contribution in [-0.4, -0.2) is 65.7 Å². The summed E-state index contributed by atoms with van der Waals surface area (Å²) in [4.78, 5) is 17.7. The van der Waals surface area contributed by atoms with Crippen molar-refractivity contribution in [1.82, 2.24) is 9.80 Å². The zero-order valence-electron chi connectivity index (χ0n) is 16.9. The van der Waals surface area contributed by atoms with Crippen molar-refractivity contribution in [1.29, 1.82) is 0 Å². The molecule has 28 heavy (non-hydrogen) atoms. The van der Waals surface area contributed by atoms with E-state index in [4.69, 9.17) is 10.8 Å². The average Bonchev–Trinajstić information content (AvgIpc) is 2.72. The SMILES string of the molecule is CCCC[C@H]1CN(C(=O)c2cccc3ccccc23)CCN1C[C@H](N)CCO. The number of amides is 1. The highest BCUT2D eigenvalue weighted by Gasteiger charge is 2.30. The fraction of sp³-hybridized carbons (Fsp3) is 0.522. The van der Waals surface area contributed by atoms with Crippen molar-refractivity contribution >= 4 is 16.7 Å². The lowest BCUT2D eigenvalue weighted by Gasteiger charge is -2.42. The highest BCUT2D eigenvalue weighted by atomic mass is 16.3. The van der Waals surface area contributed by atoms with E-state index in [1.165, 1.54) is 0 Å². The third kappa shape index (κ3) is 4.90. The number of aliphatic hydroxyl groups excluding tert-OH is 1. The van der Waals surface area contributed by atoms with Crippen LogP contribution in [0.4, 0.5) is 0 Å². The van der Waals surface area contributed by atoms with Gasteiger partial charge in [0.1, 0.15) is 0 Å². The highest BCUT2D eigenvalue weighted by molar-refractivity contribution is 6.07. The number of unbranched alkanes of at least 4 members (excludes halogenated alkanes) is 1. The van der Waals surface area contributed by atoms with Gasteiger partial charge in [0.25, 0.3) is 5.91 Å². The molecule has 3 N–H and O–H groups in total. The summed E-state index contributed by atoms with van der Waals surface area (Å²) in [5, 5.41) is 11.3. The number of rotatable bonds is 8. The van der Waals surface area contributed by atoms with Gasteiger partial charge in [0.2, 0.25) is 0 Å². The first-order chi connectivity index (χ1) is 13.6. The topological polar surface area (TPSA) is 69.8 Å². The van der Waals surface area contributed by atoms with Crippen LogP contribution < -0.4 is 5.73 Å². The summed E-state index contributed by atoms with van der Waals surface area (Å²) >= 11 is 0. The number of aliphatic hydroxyl groups is 1. The number of carbonyl (C=O) groups excluding carboxylic acids is 1. The lowest BCUT2D eigenvalue weighted by atomic mass is 10.0. The van der Waals surface area contributed by atoms with Crippen LogP contribution in [-0.2, 0) is 0 Å². The molecule has 1 aliphatic heterocycles. The number of fused-ring (bicyclic) bond motifs is 1. The van der Waals surface area contributed by atoms with Crippen LogP contribution in [0.2, 0.25) is 0 Å². The highest BCUT2D eigenvalue weighted by Crippen LogP contribution is 2.23. The fourth-order valence-corrected chi connectivity index (χ4v) is 4.17. The molecule has 2 atom stereocenters. The average molecular weight is 384 g/mol. The Hall–Kier alpha value is -1.95. The van der Waals surface area contributed by atoms with Gasteiger partial charge in [-0.2, -0.15) is 0 Å². The Morgan fingerprint density at radius 1 is 1.21 bits per heavy atom. The Labute approximate surface area is 168 Å². The summed E-state index contributed by atoms with van der Waals surface area (Å²) in [7, 11) is 0. The Morgan fingerprint density at radius 2 is 2.00 bits per heavy atom. The van der Waals surface area contributed by atoms with E-state index >= 15 is 0 Å². The predicted molar refractivity (Wildman–Crippen MR) is 114 cm³/mol. The maximum Gasteiger partial charge on any atom is 0.254 e. The third-order valence-corrected chi connectivity index (χ3v) is 5.77. The van der Waals surface area contributed by atoms with Crippen LogP contribution >= 0.6 is 0 Å². The summed E-state index contributed by atoms with van der Waals surface area (Å²) in [5.41, 5.74) is 6.96. The standard InChI is InChI=1S/C23H33N3O2/c1-2-3-9-20-17-26(14-13-25(20)16-19(24)12-15-27)23(28)22-11-6-8-18-7-4-5-10-21(18)22/h4-8,10-11,19-20,27H,2-3,9,12-17,24H2,1H3/t19-,20+/m1/s1. The lowest BCUT2D eigenvalue weighted by Crippen LogP contribution is -2.57. The molecule has 1 aliphatic rings. The second-order valence-corrected chi connectivity index (χ2v) is 7.84. The van der Waals surface area contributed by atoms with E-state index in [0.29, 0.717) is 12.5 Å².